The van der Waals surface area contributed by atoms with Crippen LogP contribution in [0.5, 0.6) is 5.75 Å². The Morgan fingerprint density at radius 1 is 0.900 bits per heavy atom. The molecule has 0 spiro atoms. The summed E-state index contributed by atoms with van der Waals surface area (Å²) >= 11 is 0. The lowest BCUT2D eigenvalue weighted by Crippen LogP contribution is -3.19. The largest absolute Gasteiger partial charge is 0.491 e. The van der Waals surface area contributed by atoms with Crippen LogP contribution >= 0.6 is 0 Å². The molecule has 0 aliphatic rings. The minimum Gasteiger partial charge on any atom is -0.491 e. The Hall–Kier alpha value is -1.88. The highest BCUT2D eigenvalue weighted by atomic mass is 16.5. The molecule has 0 aliphatic heterocycles. The topological polar surface area (TPSA) is 50.5 Å². The number of quaternary nitrogens is 2. The molecule has 0 heterocycles. The molecule has 4 heteroatoms. The lowest BCUT2D eigenvalue weighted by atomic mass is 9.78. The SMILES string of the molecule is CC(C)[NH+](CC[NH2+]C[C@H](O)COc1ccc(C(C)(C)c2ccccc2)cc1)C(C)C. The summed E-state index contributed by atoms with van der Waals surface area (Å²) in [4.78, 5) is 1.61. The molecule has 2 aromatic carbocycles. The third kappa shape index (κ3) is 7.12. The predicted octanol–water partition coefficient (Wildman–Crippen LogP) is 2.02. The van der Waals surface area contributed by atoms with Gasteiger partial charge in [-0.3, -0.25) is 0 Å². The highest BCUT2D eigenvalue weighted by Gasteiger charge is 2.22. The molecular weight excluding hydrogens is 372 g/mol. The molecule has 0 aliphatic carbocycles. The molecule has 0 fully saturated rings. The summed E-state index contributed by atoms with van der Waals surface area (Å²) < 4.78 is 5.82. The van der Waals surface area contributed by atoms with E-state index in [1.54, 1.807) is 4.90 Å². The molecule has 2 aromatic rings. The van der Waals surface area contributed by atoms with Crippen LogP contribution in [0, 0.1) is 0 Å². The van der Waals surface area contributed by atoms with Gasteiger partial charge in [0.05, 0.1) is 12.1 Å². The Bertz CT molecular complexity index is 718. The van der Waals surface area contributed by atoms with Gasteiger partial charge in [-0.05, 0) is 51.0 Å². The van der Waals surface area contributed by atoms with Gasteiger partial charge >= 0.3 is 0 Å². The molecule has 0 amide bonds. The summed E-state index contributed by atoms with van der Waals surface area (Å²) in [5.41, 5.74) is 2.48. The maximum absolute atomic E-state index is 10.3. The quantitative estimate of drug-likeness (QED) is 0.466. The lowest BCUT2D eigenvalue weighted by molar-refractivity contribution is -0.952. The number of aliphatic hydroxyl groups is 1. The average Bonchev–Trinajstić information content (AvgIpc) is 2.72. The van der Waals surface area contributed by atoms with Crippen molar-refractivity contribution in [3.8, 4) is 5.75 Å². The maximum atomic E-state index is 10.3. The lowest BCUT2D eigenvalue weighted by Gasteiger charge is -2.26. The Morgan fingerprint density at radius 2 is 1.47 bits per heavy atom. The number of hydrogen-bond acceptors (Lipinski definition) is 2. The molecule has 0 bridgehead atoms. The van der Waals surface area contributed by atoms with Crippen molar-refractivity contribution in [2.45, 2.75) is 65.1 Å². The fraction of sp³-hybridized carbons (Fsp3) is 0.538. The number of rotatable bonds is 12. The summed E-state index contributed by atoms with van der Waals surface area (Å²) in [7, 11) is 0. The van der Waals surface area contributed by atoms with Gasteiger partial charge in [-0.2, -0.15) is 0 Å². The van der Waals surface area contributed by atoms with Crippen LogP contribution in [0.2, 0.25) is 0 Å². The van der Waals surface area contributed by atoms with Gasteiger partial charge in [0.2, 0.25) is 0 Å². The van der Waals surface area contributed by atoms with E-state index in [2.05, 4.69) is 83.3 Å². The Balaban J connectivity index is 1.77. The van der Waals surface area contributed by atoms with E-state index in [4.69, 9.17) is 4.74 Å². The number of benzene rings is 2. The van der Waals surface area contributed by atoms with Gasteiger partial charge in [-0.15, -0.1) is 0 Å². The van der Waals surface area contributed by atoms with Gasteiger partial charge in [-0.25, -0.2) is 0 Å². The van der Waals surface area contributed by atoms with Crippen LogP contribution in [0.1, 0.15) is 52.7 Å². The summed E-state index contributed by atoms with van der Waals surface area (Å²) in [6.07, 6.45) is -0.466. The van der Waals surface area contributed by atoms with Gasteiger partial charge in [0.25, 0.3) is 0 Å². The standard InChI is InChI=1S/C26H40N2O2/c1-20(2)28(21(3)4)17-16-27-18-24(29)19-30-25-14-12-23(13-15-25)26(5,6)22-10-8-7-9-11-22/h7-15,20-21,24,27,29H,16-19H2,1-6H3/p+2/t24-/m0/s1. The summed E-state index contributed by atoms with van der Waals surface area (Å²) in [5.74, 6) is 0.803. The molecule has 0 radical (unpaired) electrons. The number of nitrogens with one attached hydrogen (secondary N) is 1. The molecule has 2 rings (SSSR count). The molecule has 0 aromatic heterocycles. The zero-order valence-corrected chi connectivity index (χ0v) is 19.7. The van der Waals surface area contributed by atoms with Crippen molar-refractivity contribution >= 4 is 0 Å². The first-order valence-corrected chi connectivity index (χ1v) is 11.4. The first kappa shape index (κ1) is 24.4. The minimum absolute atomic E-state index is 0.0594. The average molecular weight is 415 g/mol. The van der Waals surface area contributed by atoms with Gasteiger partial charge < -0.3 is 20.1 Å². The van der Waals surface area contributed by atoms with E-state index in [0.29, 0.717) is 25.2 Å². The first-order chi connectivity index (χ1) is 14.2. The zero-order valence-electron chi connectivity index (χ0n) is 19.7. The summed E-state index contributed by atoms with van der Waals surface area (Å²) in [6, 6.07) is 20.0. The summed E-state index contributed by atoms with van der Waals surface area (Å²) in [6.45, 7) is 16.7. The van der Waals surface area contributed by atoms with Crippen LogP contribution in [0.15, 0.2) is 54.6 Å². The van der Waals surface area contributed by atoms with Crippen LogP contribution in [0.25, 0.3) is 0 Å². The van der Waals surface area contributed by atoms with Gasteiger partial charge in [0.1, 0.15) is 38.1 Å². The second kappa shape index (κ2) is 11.5. The second-order valence-corrected chi connectivity index (χ2v) is 9.43. The second-order valence-electron chi connectivity index (χ2n) is 9.43. The number of aliphatic hydroxyl groups excluding tert-OH is 1. The molecule has 30 heavy (non-hydrogen) atoms. The molecular formula is C26H42N2O2+2. The van der Waals surface area contributed by atoms with E-state index in [1.807, 2.05) is 18.2 Å². The van der Waals surface area contributed by atoms with Gasteiger partial charge in [0.15, 0.2) is 0 Å². The van der Waals surface area contributed by atoms with Crippen LogP contribution in [0.4, 0.5) is 0 Å². The minimum atomic E-state index is -0.466. The number of hydrogen-bond donors (Lipinski definition) is 3. The van der Waals surface area contributed by atoms with Crippen molar-refractivity contribution in [3.05, 3.63) is 65.7 Å². The van der Waals surface area contributed by atoms with E-state index in [9.17, 15) is 5.11 Å². The van der Waals surface area contributed by atoms with Gasteiger partial charge in [-0.1, -0.05) is 56.3 Å². The number of ether oxygens (including phenoxy) is 1. The first-order valence-electron chi connectivity index (χ1n) is 11.4. The molecule has 1 atom stereocenters. The molecule has 0 saturated heterocycles. The van der Waals surface area contributed by atoms with Crippen LogP contribution < -0.4 is 15.0 Å². The van der Waals surface area contributed by atoms with E-state index < -0.39 is 6.10 Å². The molecule has 166 valence electrons. The third-order valence-electron chi connectivity index (χ3n) is 6.07. The van der Waals surface area contributed by atoms with Crippen LogP contribution in [-0.4, -0.2) is 49.5 Å². The van der Waals surface area contributed by atoms with Crippen molar-refractivity contribution in [1.82, 2.24) is 0 Å². The smallest absolute Gasteiger partial charge is 0.137 e. The van der Waals surface area contributed by atoms with E-state index in [1.165, 1.54) is 11.1 Å². The summed E-state index contributed by atoms with van der Waals surface area (Å²) in [5, 5.41) is 12.5. The highest BCUT2D eigenvalue weighted by Crippen LogP contribution is 2.32. The van der Waals surface area contributed by atoms with Crippen LogP contribution in [-0.2, 0) is 5.41 Å². The molecule has 0 unspecified atom stereocenters. The maximum Gasteiger partial charge on any atom is 0.137 e. The van der Waals surface area contributed by atoms with Crippen molar-refractivity contribution in [3.63, 3.8) is 0 Å². The zero-order chi connectivity index (χ0) is 22.1. The van der Waals surface area contributed by atoms with Crippen molar-refractivity contribution in [1.29, 1.82) is 0 Å². The monoisotopic (exact) mass is 414 g/mol. The Morgan fingerprint density at radius 3 is 2.03 bits per heavy atom. The van der Waals surface area contributed by atoms with E-state index >= 15 is 0 Å². The normalized spacial score (nSPS) is 13.3. The van der Waals surface area contributed by atoms with Crippen molar-refractivity contribution in [2.24, 2.45) is 0 Å². The molecule has 4 N–H and O–H groups in total. The Labute approximate surface area is 183 Å². The van der Waals surface area contributed by atoms with Gasteiger partial charge in [0, 0.05) is 5.41 Å². The fourth-order valence-electron chi connectivity index (χ4n) is 4.07. The molecule has 4 nitrogen and oxygen atoms in total. The van der Waals surface area contributed by atoms with E-state index in [-0.39, 0.29) is 5.41 Å². The van der Waals surface area contributed by atoms with E-state index in [0.717, 1.165) is 18.8 Å². The number of nitrogens with two attached hydrogens (primary N) is 1. The predicted molar refractivity (Wildman–Crippen MR) is 124 cm³/mol. The van der Waals surface area contributed by atoms with Crippen molar-refractivity contribution in [2.75, 3.05) is 26.2 Å². The fourth-order valence-corrected chi connectivity index (χ4v) is 4.07. The van der Waals surface area contributed by atoms with Crippen LogP contribution in [0.3, 0.4) is 0 Å². The third-order valence-corrected chi connectivity index (χ3v) is 6.07. The molecule has 0 saturated carbocycles. The van der Waals surface area contributed by atoms with Crippen molar-refractivity contribution < 1.29 is 20.1 Å². The highest BCUT2D eigenvalue weighted by molar-refractivity contribution is 5.39. The Kier molecular flexibility index (Phi) is 9.35.